The third-order valence-corrected chi connectivity index (χ3v) is 4.32. The number of anilines is 1. The number of nitrogens with one attached hydrogen (secondary N) is 1. The predicted octanol–water partition coefficient (Wildman–Crippen LogP) is 2.84. The van der Waals surface area contributed by atoms with Gasteiger partial charge in [0.25, 0.3) is 5.91 Å². The van der Waals surface area contributed by atoms with E-state index in [1.54, 1.807) is 7.05 Å². The van der Waals surface area contributed by atoms with Gasteiger partial charge in [-0.15, -0.1) is 0 Å². The highest BCUT2D eigenvalue weighted by atomic mass is 79.9. The number of likely N-dealkylation sites (N-methyl/N-ethyl adjacent to an activating group) is 1. The molecule has 0 aliphatic carbocycles. The Balaban J connectivity index is 1.68. The average Bonchev–Trinajstić information content (AvgIpc) is 2.61. The third kappa shape index (κ3) is 3.82. The van der Waals surface area contributed by atoms with Gasteiger partial charge >= 0.3 is 0 Å². The molecule has 0 aromatic heterocycles. The van der Waals surface area contributed by atoms with Crippen LogP contribution in [0.25, 0.3) is 0 Å². The maximum Gasteiger partial charge on any atom is 0.262 e. The number of hydrogen-bond donors (Lipinski definition) is 1. The molecule has 1 aliphatic heterocycles. The van der Waals surface area contributed by atoms with Crippen LogP contribution < -0.4 is 19.7 Å². The Kier molecular flexibility index (Phi) is 5.25. The number of para-hydroxylation sites is 2. The van der Waals surface area contributed by atoms with Crippen molar-refractivity contribution in [3.63, 3.8) is 0 Å². The van der Waals surface area contributed by atoms with Crippen LogP contribution in [0.4, 0.5) is 5.69 Å². The molecule has 0 saturated carbocycles. The van der Waals surface area contributed by atoms with Crippen LogP contribution in [0.2, 0.25) is 0 Å². The van der Waals surface area contributed by atoms with Crippen molar-refractivity contribution in [1.82, 2.24) is 5.32 Å². The summed E-state index contributed by atoms with van der Waals surface area (Å²) in [5.41, 5.74) is 0.982. The lowest BCUT2D eigenvalue weighted by Crippen LogP contribution is -2.49. The maximum atomic E-state index is 12.0. The molecule has 1 N–H and O–H groups in total. The first kappa shape index (κ1) is 16.6. The van der Waals surface area contributed by atoms with Gasteiger partial charge in [0.05, 0.1) is 18.8 Å². The van der Waals surface area contributed by atoms with E-state index in [9.17, 15) is 4.79 Å². The van der Waals surface area contributed by atoms with Crippen LogP contribution in [-0.2, 0) is 4.79 Å². The Morgan fingerprint density at radius 1 is 1.33 bits per heavy atom. The van der Waals surface area contributed by atoms with Gasteiger partial charge in [-0.25, -0.2) is 0 Å². The van der Waals surface area contributed by atoms with Gasteiger partial charge in [-0.3, -0.25) is 4.79 Å². The number of halogens is 1. The van der Waals surface area contributed by atoms with Crippen molar-refractivity contribution in [3.05, 3.63) is 53.0 Å². The molecular formula is C18H19BrN2O3. The fraction of sp³-hybridized carbons (Fsp3) is 0.278. The second kappa shape index (κ2) is 7.57. The smallest absolute Gasteiger partial charge is 0.262 e. The molecule has 3 rings (SSSR count). The largest absolute Gasteiger partial charge is 0.492 e. The summed E-state index contributed by atoms with van der Waals surface area (Å²) >= 11 is 3.43. The number of nitrogens with zero attached hydrogens (tertiary/aromatic N) is 1. The molecule has 1 aliphatic rings. The van der Waals surface area contributed by atoms with Crippen LogP contribution in [0.3, 0.4) is 0 Å². The highest BCUT2D eigenvalue weighted by Gasteiger charge is 2.29. The molecule has 0 radical (unpaired) electrons. The van der Waals surface area contributed by atoms with Crippen LogP contribution in [0.5, 0.6) is 11.5 Å². The monoisotopic (exact) mass is 390 g/mol. The normalized spacial score (nSPS) is 16.1. The van der Waals surface area contributed by atoms with E-state index in [1.165, 1.54) is 0 Å². The zero-order valence-corrected chi connectivity index (χ0v) is 15.0. The lowest BCUT2D eigenvalue weighted by molar-refractivity contribution is -0.127. The zero-order valence-electron chi connectivity index (χ0n) is 13.4. The van der Waals surface area contributed by atoms with Crippen LogP contribution in [-0.4, -0.2) is 38.8 Å². The van der Waals surface area contributed by atoms with Gasteiger partial charge < -0.3 is 19.7 Å². The summed E-state index contributed by atoms with van der Waals surface area (Å²) in [5, 5.41) is 2.65. The van der Waals surface area contributed by atoms with Gasteiger partial charge in [-0.05, 0) is 30.3 Å². The summed E-state index contributed by atoms with van der Waals surface area (Å²) in [4.78, 5) is 14.1. The Bertz CT molecular complexity index is 723. The molecule has 0 unspecified atom stereocenters. The van der Waals surface area contributed by atoms with Gasteiger partial charge in [-0.2, -0.15) is 0 Å². The van der Waals surface area contributed by atoms with E-state index in [1.807, 2.05) is 48.5 Å². The SMILES string of the molecule is CNC(=O)[C@H]1CN(CCOc2cccc(Br)c2)c2ccccc2O1. The van der Waals surface area contributed by atoms with Crippen molar-refractivity contribution in [2.45, 2.75) is 6.10 Å². The molecular weight excluding hydrogens is 372 g/mol. The van der Waals surface area contributed by atoms with Gasteiger partial charge in [0.2, 0.25) is 0 Å². The fourth-order valence-corrected chi connectivity index (χ4v) is 3.02. The molecule has 0 bridgehead atoms. The molecule has 2 aromatic carbocycles. The van der Waals surface area contributed by atoms with Crippen molar-refractivity contribution < 1.29 is 14.3 Å². The van der Waals surface area contributed by atoms with Gasteiger partial charge in [0.1, 0.15) is 18.1 Å². The topological polar surface area (TPSA) is 50.8 Å². The number of amides is 1. The lowest BCUT2D eigenvalue weighted by Gasteiger charge is -2.35. The Hall–Kier alpha value is -2.21. The number of carbonyl (C=O) groups is 1. The number of carbonyl (C=O) groups excluding carboxylic acids is 1. The molecule has 6 heteroatoms. The van der Waals surface area contributed by atoms with Crippen molar-refractivity contribution in [3.8, 4) is 11.5 Å². The van der Waals surface area contributed by atoms with E-state index in [2.05, 4.69) is 26.1 Å². The summed E-state index contributed by atoms with van der Waals surface area (Å²) in [6.45, 7) is 1.68. The highest BCUT2D eigenvalue weighted by molar-refractivity contribution is 9.10. The van der Waals surface area contributed by atoms with Crippen LogP contribution in [0.1, 0.15) is 0 Å². The quantitative estimate of drug-likeness (QED) is 0.852. The second-order valence-electron chi connectivity index (χ2n) is 5.44. The zero-order chi connectivity index (χ0) is 16.9. The van der Waals surface area contributed by atoms with Crippen LogP contribution >= 0.6 is 15.9 Å². The fourth-order valence-electron chi connectivity index (χ4n) is 2.65. The minimum absolute atomic E-state index is 0.123. The molecule has 126 valence electrons. The van der Waals surface area contributed by atoms with E-state index in [0.29, 0.717) is 19.7 Å². The van der Waals surface area contributed by atoms with Gasteiger partial charge in [-0.1, -0.05) is 34.1 Å². The average molecular weight is 391 g/mol. The summed E-state index contributed by atoms with van der Waals surface area (Å²) in [6, 6.07) is 15.5. The van der Waals surface area contributed by atoms with E-state index < -0.39 is 6.10 Å². The number of rotatable bonds is 5. The molecule has 1 atom stereocenters. The molecule has 0 fully saturated rings. The number of hydrogen-bond acceptors (Lipinski definition) is 4. The second-order valence-corrected chi connectivity index (χ2v) is 6.36. The summed E-state index contributed by atoms with van der Waals surface area (Å²) in [6.07, 6.45) is -0.518. The molecule has 24 heavy (non-hydrogen) atoms. The van der Waals surface area contributed by atoms with E-state index in [0.717, 1.165) is 21.7 Å². The van der Waals surface area contributed by atoms with Crippen molar-refractivity contribution in [1.29, 1.82) is 0 Å². The van der Waals surface area contributed by atoms with Gasteiger partial charge in [0, 0.05) is 11.5 Å². The predicted molar refractivity (Wildman–Crippen MR) is 96.8 cm³/mol. The first-order valence-corrected chi connectivity index (χ1v) is 8.57. The van der Waals surface area contributed by atoms with Crippen LogP contribution in [0.15, 0.2) is 53.0 Å². The van der Waals surface area contributed by atoms with Crippen LogP contribution in [0, 0.1) is 0 Å². The van der Waals surface area contributed by atoms with E-state index in [4.69, 9.17) is 9.47 Å². The summed E-state index contributed by atoms with van der Waals surface area (Å²) < 4.78 is 12.6. The van der Waals surface area contributed by atoms with E-state index in [-0.39, 0.29) is 5.91 Å². The third-order valence-electron chi connectivity index (χ3n) is 3.83. The molecule has 0 saturated heterocycles. The Labute approximate surface area is 149 Å². The standard InChI is InChI=1S/C18H19BrN2O3/c1-20-18(22)17-12-21(15-7-2-3-8-16(15)24-17)9-10-23-14-6-4-5-13(19)11-14/h2-8,11,17H,9-10,12H2,1H3,(H,20,22)/t17-/m1/s1. The summed E-state index contributed by atoms with van der Waals surface area (Å²) in [7, 11) is 1.62. The van der Waals surface area contributed by atoms with Gasteiger partial charge in [0.15, 0.2) is 6.10 Å². The summed E-state index contributed by atoms with van der Waals surface area (Å²) in [5.74, 6) is 1.41. The number of ether oxygens (including phenoxy) is 2. The first-order chi connectivity index (χ1) is 11.7. The maximum absolute atomic E-state index is 12.0. The highest BCUT2D eigenvalue weighted by Crippen LogP contribution is 2.32. The minimum atomic E-state index is -0.518. The molecule has 2 aromatic rings. The molecule has 0 spiro atoms. The Morgan fingerprint density at radius 2 is 2.17 bits per heavy atom. The van der Waals surface area contributed by atoms with Crippen molar-refractivity contribution >= 4 is 27.5 Å². The first-order valence-electron chi connectivity index (χ1n) is 7.78. The lowest BCUT2D eigenvalue weighted by atomic mass is 10.2. The number of benzene rings is 2. The molecule has 1 heterocycles. The van der Waals surface area contributed by atoms with Crippen molar-refractivity contribution in [2.75, 3.05) is 31.6 Å². The Morgan fingerprint density at radius 3 is 2.96 bits per heavy atom. The molecule has 5 nitrogen and oxygen atoms in total. The van der Waals surface area contributed by atoms with Crippen molar-refractivity contribution in [2.24, 2.45) is 0 Å². The minimum Gasteiger partial charge on any atom is -0.492 e. The molecule has 1 amide bonds. The van der Waals surface area contributed by atoms with E-state index >= 15 is 0 Å². The number of fused-ring (bicyclic) bond motifs is 1.